The van der Waals surface area contributed by atoms with E-state index in [0.29, 0.717) is 11.3 Å². The molecule has 4 fully saturated rings. The summed E-state index contributed by atoms with van der Waals surface area (Å²) >= 11 is 0. The summed E-state index contributed by atoms with van der Waals surface area (Å²) in [5.74, 6) is 1.78. The monoisotopic (exact) mass is 371 g/mol. The number of carbonyl (C=O) groups is 2. The number of pyridine rings is 1. The number of nitrogens with zero attached hydrogens (tertiary/aromatic N) is 1. The summed E-state index contributed by atoms with van der Waals surface area (Å²) in [5.41, 5.74) is 2.48. The first kappa shape index (κ1) is 18.4. The molecule has 2 amide bonds. The number of hydrogen-bond acceptors (Lipinski definition) is 4. The van der Waals surface area contributed by atoms with Crippen LogP contribution < -0.4 is 10.8 Å². The van der Waals surface area contributed by atoms with Crippen LogP contribution in [0.25, 0.3) is 0 Å². The zero-order valence-corrected chi connectivity index (χ0v) is 15.9. The van der Waals surface area contributed by atoms with Crippen LogP contribution in [-0.4, -0.2) is 22.0 Å². The Kier molecular flexibility index (Phi) is 4.93. The first-order valence-electron chi connectivity index (χ1n) is 10.2. The average Bonchev–Trinajstić information content (AvgIpc) is 2.66. The molecule has 1 aromatic heterocycles. The van der Waals surface area contributed by atoms with E-state index in [1.54, 1.807) is 23.8 Å². The van der Waals surface area contributed by atoms with Crippen LogP contribution in [0.2, 0.25) is 0 Å². The van der Waals surface area contributed by atoms with Crippen LogP contribution >= 0.6 is 0 Å². The third kappa shape index (κ3) is 3.47. The van der Waals surface area contributed by atoms with Crippen molar-refractivity contribution >= 4 is 11.8 Å². The van der Waals surface area contributed by atoms with Crippen molar-refractivity contribution in [3.63, 3.8) is 0 Å². The standard InChI is InChI=1S/C21H29N3O3/c1-2-3-17(18-9-16(4-5-22-18)19(25)24-27)23-20(26)21-10-13-6-14(11-21)8-15(7-13)12-21/h4-5,9,13-15,17,27H,2-3,6-8,10-12H2,1H3,(H,23,26)(H,24,25)/t13?,14?,15?,17-,21?/m0/s1. The van der Waals surface area contributed by atoms with Crippen LogP contribution in [0.3, 0.4) is 0 Å². The molecule has 0 spiro atoms. The fourth-order valence-electron chi connectivity index (χ4n) is 6.13. The van der Waals surface area contributed by atoms with Gasteiger partial charge in [-0.3, -0.25) is 19.8 Å². The molecule has 0 aromatic carbocycles. The van der Waals surface area contributed by atoms with Gasteiger partial charge in [0.05, 0.1) is 11.7 Å². The molecule has 0 saturated heterocycles. The van der Waals surface area contributed by atoms with Gasteiger partial charge < -0.3 is 5.32 Å². The highest BCUT2D eigenvalue weighted by Crippen LogP contribution is 2.60. The molecule has 0 unspecified atom stereocenters. The van der Waals surface area contributed by atoms with Gasteiger partial charge in [-0.05, 0) is 74.8 Å². The summed E-state index contributed by atoms with van der Waals surface area (Å²) in [6, 6.07) is 3.01. The predicted molar refractivity (Wildman–Crippen MR) is 99.9 cm³/mol. The SMILES string of the molecule is CCC[C@H](NC(=O)C12CC3CC(CC(C3)C1)C2)c1cc(C(=O)NO)ccn1. The third-order valence-corrected chi connectivity index (χ3v) is 6.90. The minimum absolute atomic E-state index is 0.180. The number of carbonyl (C=O) groups excluding carboxylic acids is 2. The summed E-state index contributed by atoms with van der Waals surface area (Å²) in [5, 5.41) is 12.2. The summed E-state index contributed by atoms with van der Waals surface area (Å²) in [6.45, 7) is 2.08. The molecule has 4 bridgehead atoms. The van der Waals surface area contributed by atoms with Gasteiger partial charge in [-0.15, -0.1) is 0 Å². The van der Waals surface area contributed by atoms with Gasteiger partial charge in [-0.25, -0.2) is 5.48 Å². The maximum absolute atomic E-state index is 13.4. The Labute approximate surface area is 160 Å². The molecule has 4 aliphatic carbocycles. The van der Waals surface area contributed by atoms with E-state index in [-0.39, 0.29) is 17.4 Å². The van der Waals surface area contributed by atoms with Crippen molar-refractivity contribution in [3.05, 3.63) is 29.6 Å². The first-order valence-corrected chi connectivity index (χ1v) is 10.2. The predicted octanol–water partition coefficient (Wildman–Crippen LogP) is 3.37. The van der Waals surface area contributed by atoms with Crippen LogP contribution in [0, 0.1) is 23.2 Å². The number of nitrogens with one attached hydrogen (secondary N) is 2. The molecule has 27 heavy (non-hydrogen) atoms. The Morgan fingerprint density at radius 2 is 1.85 bits per heavy atom. The van der Waals surface area contributed by atoms with Crippen LogP contribution in [0.1, 0.15) is 80.4 Å². The fraction of sp³-hybridized carbons (Fsp3) is 0.667. The van der Waals surface area contributed by atoms with Crippen LogP contribution in [-0.2, 0) is 4.79 Å². The molecule has 1 heterocycles. The van der Waals surface area contributed by atoms with Gasteiger partial charge >= 0.3 is 0 Å². The zero-order chi connectivity index (χ0) is 19.0. The molecule has 1 aromatic rings. The minimum Gasteiger partial charge on any atom is -0.347 e. The molecule has 6 heteroatoms. The molecule has 6 nitrogen and oxygen atoms in total. The third-order valence-electron chi connectivity index (χ3n) is 6.90. The van der Waals surface area contributed by atoms with Gasteiger partial charge in [-0.1, -0.05) is 13.3 Å². The molecular formula is C21H29N3O3. The largest absolute Gasteiger partial charge is 0.347 e. The number of amides is 2. The van der Waals surface area contributed by atoms with Crippen molar-refractivity contribution in [1.29, 1.82) is 0 Å². The highest BCUT2D eigenvalue weighted by Gasteiger charge is 2.54. The summed E-state index contributed by atoms with van der Waals surface area (Å²) in [7, 11) is 0. The smallest absolute Gasteiger partial charge is 0.274 e. The molecule has 0 aliphatic heterocycles. The molecule has 146 valence electrons. The quantitative estimate of drug-likeness (QED) is 0.528. The Bertz CT molecular complexity index is 698. The number of aromatic nitrogens is 1. The maximum atomic E-state index is 13.4. The van der Waals surface area contributed by atoms with E-state index in [1.807, 2.05) is 0 Å². The lowest BCUT2D eigenvalue weighted by molar-refractivity contribution is -0.147. The number of hydroxylamine groups is 1. The second-order valence-electron chi connectivity index (χ2n) is 8.92. The highest BCUT2D eigenvalue weighted by atomic mass is 16.5. The summed E-state index contributed by atoms with van der Waals surface area (Å²) in [4.78, 5) is 29.5. The first-order chi connectivity index (χ1) is 13.0. The average molecular weight is 371 g/mol. The van der Waals surface area contributed by atoms with Crippen molar-refractivity contribution in [2.45, 2.75) is 64.3 Å². The molecule has 5 rings (SSSR count). The van der Waals surface area contributed by atoms with Crippen molar-refractivity contribution in [2.24, 2.45) is 23.2 Å². The lowest BCUT2D eigenvalue weighted by Gasteiger charge is -2.55. The van der Waals surface area contributed by atoms with Gasteiger partial charge in [0.15, 0.2) is 0 Å². The minimum atomic E-state index is -0.568. The van der Waals surface area contributed by atoms with Gasteiger partial charge in [0.25, 0.3) is 5.91 Å². The van der Waals surface area contributed by atoms with Crippen LogP contribution in [0.15, 0.2) is 18.3 Å². The maximum Gasteiger partial charge on any atom is 0.274 e. The number of hydrogen-bond donors (Lipinski definition) is 3. The van der Waals surface area contributed by atoms with Crippen LogP contribution in [0.5, 0.6) is 0 Å². The Morgan fingerprint density at radius 1 is 1.22 bits per heavy atom. The topological polar surface area (TPSA) is 91.3 Å². The van der Waals surface area contributed by atoms with Gasteiger partial charge in [0, 0.05) is 17.2 Å². The molecular weight excluding hydrogens is 342 g/mol. The highest BCUT2D eigenvalue weighted by molar-refractivity contribution is 5.93. The van der Waals surface area contributed by atoms with Gasteiger partial charge in [0.2, 0.25) is 5.91 Å². The van der Waals surface area contributed by atoms with E-state index in [2.05, 4.69) is 17.2 Å². The van der Waals surface area contributed by atoms with E-state index >= 15 is 0 Å². The molecule has 4 aliphatic rings. The summed E-state index contributed by atoms with van der Waals surface area (Å²) in [6.07, 6.45) is 10.3. The Balaban J connectivity index is 1.53. The second-order valence-corrected chi connectivity index (χ2v) is 8.92. The second kappa shape index (κ2) is 7.23. The van der Waals surface area contributed by atoms with Gasteiger partial charge in [0.1, 0.15) is 0 Å². The van der Waals surface area contributed by atoms with Crippen molar-refractivity contribution in [1.82, 2.24) is 15.8 Å². The molecule has 4 saturated carbocycles. The lowest BCUT2D eigenvalue weighted by Crippen LogP contribution is -2.54. The van der Waals surface area contributed by atoms with Crippen molar-refractivity contribution < 1.29 is 14.8 Å². The van der Waals surface area contributed by atoms with E-state index < -0.39 is 5.91 Å². The van der Waals surface area contributed by atoms with E-state index in [0.717, 1.165) is 49.9 Å². The normalized spacial score (nSPS) is 32.1. The molecule has 3 N–H and O–H groups in total. The molecule has 1 atom stereocenters. The molecule has 0 radical (unpaired) electrons. The summed E-state index contributed by atoms with van der Waals surface area (Å²) < 4.78 is 0. The number of rotatable bonds is 6. The Morgan fingerprint density at radius 3 is 2.41 bits per heavy atom. The fourth-order valence-corrected chi connectivity index (χ4v) is 6.13. The van der Waals surface area contributed by atoms with Gasteiger partial charge in [-0.2, -0.15) is 0 Å². The van der Waals surface area contributed by atoms with E-state index in [1.165, 1.54) is 19.3 Å². The van der Waals surface area contributed by atoms with E-state index in [4.69, 9.17) is 5.21 Å². The van der Waals surface area contributed by atoms with Crippen molar-refractivity contribution in [3.8, 4) is 0 Å². The van der Waals surface area contributed by atoms with Crippen molar-refractivity contribution in [2.75, 3.05) is 0 Å². The zero-order valence-electron chi connectivity index (χ0n) is 15.9. The van der Waals surface area contributed by atoms with Crippen LogP contribution in [0.4, 0.5) is 0 Å². The lowest BCUT2D eigenvalue weighted by atomic mass is 9.49. The van der Waals surface area contributed by atoms with E-state index in [9.17, 15) is 9.59 Å². The Hall–Kier alpha value is -1.95.